The lowest BCUT2D eigenvalue weighted by Gasteiger charge is -2.35. The van der Waals surface area contributed by atoms with Crippen LogP contribution in [0.4, 0.5) is 10.1 Å². The summed E-state index contributed by atoms with van der Waals surface area (Å²) in [4.78, 5) is 1.86. The highest BCUT2D eigenvalue weighted by Gasteiger charge is 2.27. The first-order chi connectivity index (χ1) is 8.72. The summed E-state index contributed by atoms with van der Waals surface area (Å²) in [6.07, 6.45) is -1.90. The van der Waals surface area contributed by atoms with Gasteiger partial charge in [-0.25, -0.2) is 4.39 Å². The normalized spacial score (nSPS) is 23.7. The van der Waals surface area contributed by atoms with Crippen molar-refractivity contribution in [3.8, 4) is 6.07 Å². The molecule has 2 unspecified atom stereocenters. The van der Waals surface area contributed by atoms with E-state index >= 15 is 0 Å². The molecule has 2 atom stereocenters. The van der Waals surface area contributed by atoms with Crippen LogP contribution in [-0.4, -0.2) is 32.3 Å². The summed E-state index contributed by atoms with van der Waals surface area (Å²) in [6.45, 7) is 2.99. The van der Waals surface area contributed by atoms with E-state index in [1.165, 1.54) is 0 Å². The van der Waals surface area contributed by atoms with Crippen molar-refractivity contribution in [2.24, 2.45) is 0 Å². The molecule has 0 spiro atoms. The van der Waals surface area contributed by atoms with E-state index in [9.17, 15) is 4.39 Å². The molecule has 0 amide bonds. The maximum absolute atomic E-state index is 13.4. The molecule has 0 radical (unpaired) electrons. The molecule has 1 saturated heterocycles. The van der Waals surface area contributed by atoms with Crippen LogP contribution in [0, 0.1) is 11.3 Å². The number of rotatable bonds is 3. The van der Waals surface area contributed by atoms with Gasteiger partial charge in [-0.3, -0.25) is 0 Å². The van der Waals surface area contributed by atoms with Gasteiger partial charge >= 0.3 is 0 Å². The minimum absolute atomic E-state index is 0.176. The molecule has 0 N–H and O–H groups in total. The highest BCUT2D eigenvalue weighted by atomic mass is 19.1. The quantitative estimate of drug-likeness (QED) is 0.823. The van der Waals surface area contributed by atoms with E-state index in [0.717, 1.165) is 5.69 Å². The van der Waals surface area contributed by atoms with Gasteiger partial charge in [0.25, 0.3) is 0 Å². The van der Waals surface area contributed by atoms with Crippen molar-refractivity contribution in [1.29, 1.82) is 5.26 Å². The van der Waals surface area contributed by atoms with Gasteiger partial charge in [-0.2, -0.15) is 5.26 Å². The third-order valence-electron chi connectivity index (χ3n) is 2.75. The number of ether oxygens (including phenoxy) is 2. The molecule has 4 nitrogen and oxygen atoms in total. The third kappa shape index (κ3) is 2.97. The van der Waals surface area contributed by atoms with Gasteiger partial charge in [0.15, 0.2) is 6.29 Å². The smallest absolute Gasteiger partial charge is 0.218 e. The van der Waals surface area contributed by atoms with Crippen molar-refractivity contribution in [2.45, 2.75) is 19.6 Å². The molecule has 0 bridgehead atoms. The van der Waals surface area contributed by atoms with Crippen LogP contribution in [0.25, 0.3) is 0 Å². The molecule has 5 heteroatoms. The van der Waals surface area contributed by atoms with E-state index in [-0.39, 0.29) is 6.54 Å². The molecule has 1 aliphatic heterocycles. The van der Waals surface area contributed by atoms with Gasteiger partial charge in [-0.05, 0) is 31.2 Å². The molecular weight excluding hydrogens is 235 g/mol. The molecule has 1 aromatic carbocycles. The largest absolute Gasteiger partial charge is 0.361 e. The van der Waals surface area contributed by atoms with Crippen LogP contribution in [0.2, 0.25) is 0 Å². The van der Waals surface area contributed by atoms with E-state index in [1.807, 2.05) is 11.8 Å². The van der Waals surface area contributed by atoms with Crippen molar-refractivity contribution < 1.29 is 13.9 Å². The molecule has 1 fully saturated rings. The zero-order valence-electron chi connectivity index (χ0n) is 10.2. The fourth-order valence-electron chi connectivity index (χ4n) is 1.91. The average molecular weight is 250 g/mol. The summed E-state index contributed by atoms with van der Waals surface area (Å²) >= 11 is 0. The molecule has 1 aromatic rings. The Labute approximate surface area is 106 Å². The molecule has 18 heavy (non-hydrogen) atoms. The minimum Gasteiger partial charge on any atom is -0.361 e. The van der Waals surface area contributed by atoms with Gasteiger partial charge in [0.2, 0.25) is 6.36 Å². The Balaban J connectivity index is 2.08. The van der Waals surface area contributed by atoms with E-state index < -0.39 is 12.6 Å². The van der Waals surface area contributed by atoms with Crippen LogP contribution in [0.1, 0.15) is 12.5 Å². The Kier molecular flexibility index (Phi) is 4.13. The Bertz CT molecular complexity index is 430. The lowest BCUT2D eigenvalue weighted by molar-refractivity contribution is -0.207. The Morgan fingerprint density at radius 1 is 1.44 bits per heavy atom. The van der Waals surface area contributed by atoms with Crippen molar-refractivity contribution in [3.63, 3.8) is 0 Å². The Morgan fingerprint density at radius 3 is 2.78 bits per heavy atom. The van der Waals surface area contributed by atoms with Crippen molar-refractivity contribution in [2.75, 3.05) is 24.6 Å². The topological polar surface area (TPSA) is 45.5 Å². The number of nitrogens with zero attached hydrogens (tertiary/aromatic N) is 2. The molecular formula is C13H15FN2O2. The summed E-state index contributed by atoms with van der Waals surface area (Å²) in [5, 5.41) is 8.73. The highest BCUT2D eigenvalue weighted by molar-refractivity contribution is 5.50. The maximum Gasteiger partial charge on any atom is 0.218 e. The van der Waals surface area contributed by atoms with Crippen molar-refractivity contribution in [1.82, 2.24) is 0 Å². The predicted octanol–water partition coefficient (Wildman–Crippen LogP) is 2.05. The van der Waals surface area contributed by atoms with Crippen LogP contribution in [0.15, 0.2) is 24.3 Å². The van der Waals surface area contributed by atoms with Gasteiger partial charge in [0.1, 0.15) is 0 Å². The van der Waals surface area contributed by atoms with Crippen LogP contribution < -0.4 is 4.90 Å². The minimum atomic E-state index is -1.36. The van der Waals surface area contributed by atoms with E-state index in [1.54, 1.807) is 24.3 Å². The summed E-state index contributed by atoms with van der Waals surface area (Å²) < 4.78 is 23.8. The second-order valence-corrected chi connectivity index (χ2v) is 3.99. The average Bonchev–Trinajstić information content (AvgIpc) is 2.38. The first-order valence-electron chi connectivity index (χ1n) is 5.89. The van der Waals surface area contributed by atoms with Crippen LogP contribution in [0.3, 0.4) is 0 Å². The number of anilines is 1. The SMILES string of the molecule is CCOC1CN(c2ccc(C#N)cc2)CC(F)O1. The Hall–Kier alpha value is -1.64. The number of alkyl halides is 1. The second kappa shape index (κ2) is 5.80. The summed E-state index contributed by atoms with van der Waals surface area (Å²) in [5.74, 6) is 0. The van der Waals surface area contributed by atoms with Gasteiger partial charge in [0, 0.05) is 12.3 Å². The van der Waals surface area contributed by atoms with Crippen molar-refractivity contribution in [3.05, 3.63) is 29.8 Å². The lowest BCUT2D eigenvalue weighted by Crippen LogP contribution is -2.47. The summed E-state index contributed by atoms with van der Waals surface area (Å²) in [5.41, 5.74) is 1.45. The lowest BCUT2D eigenvalue weighted by atomic mass is 10.2. The van der Waals surface area contributed by atoms with Gasteiger partial charge < -0.3 is 14.4 Å². The number of nitriles is 1. The monoisotopic (exact) mass is 250 g/mol. The standard InChI is InChI=1S/C13H15FN2O2/c1-2-17-13-9-16(8-12(14)18-13)11-5-3-10(7-15)4-6-11/h3-6,12-13H,2,8-9H2,1H3. The fourth-order valence-corrected chi connectivity index (χ4v) is 1.91. The Morgan fingerprint density at radius 2 is 2.17 bits per heavy atom. The second-order valence-electron chi connectivity index (χ2n) is 3.99. The molecule has 0 saturated carbocycles. The van der Waals surface area contributed by atoms with Crippen LogP contribution in [-0.2, 0) is 9.47 Å². The van der Waals surface area contributed by atoms with Gasteiger partial charge in [-0.1, -0.05) is 0 Å². The fraction of sp³-hybridized carbons (Fsp3) is 0.462. The summed E-state index contributed by atoms with van der Waals surface area (Å²) in [6, 6.07) is 9.10. The zero-order valence-corrected chi connectivity index (χ0v) is 10.2. The van der Waals surface area contributed by atoms with E-state index in [4.69, 9.17) is 14.7 Å². The van der Waals surface area contributed by atoms with Crippen molar-refractivity contribution >= 4 is 5.69 Å². The van der Waals surface area contributed by atoms with E-state index in [2.05, 4.69) is 6.07 Å². The number of hydrogen-bond donors (Lipinski definition) is 0. The number of morpholine rings is 1. The predicted molar refractivity (Wildman–Crippen MR) is 64.8 cm³/mol. The number of hydrogen-bond acceptors (Lipinski definition) is 4. The third-order valence-corrected chi connectivity index (χ3v) is 2.75. The molecule has 1 heterocycles. The zero-order chi connectivity index (χ0) is 13.0. The highest BCUT2D eigenvalue weighted by Crippen LogP contribution is 2.21. The van der Waals surface area contributed by atoms with Gasteiger partial charge in [-0.15, -0.1) is 0 Å². The molecule has 0 aliphatic carbocycles. The van der Waals surface area contributed by atoms with E-state index in [0.29, 0.717) is 18.7 Å². The molecule has 0 aromatic heterocycles. The number of benzene rings is 1. The first kappa shape index (κ1) is 12.8. The van der Waals surface area contributed by atoms with Crippen LogP contribution in [0.5, 0.6) is 0 Å². The van der Waals surface area contributed by atoms with Gasteiger partial charge in [0.05, 0.1) is 24.7 Å². The molecule has 1 aliphatic rings. The molecule has 96 valence electrons. The summed E-state index contributed by atoms with van der Waals surface area (Å²) in [7, 11) is 0. The number of halogens is 1. The first-order valence-corrected chi connectivity index (χ1v) is 5.89. The molecule has 2 rings (SSSR count). The maximum atomic E-state index is 13.4. The van der Waals surface area contributed by atoms with Crippen LogP contribution >= 0.6 is 0 Å².